The molecule has 3 aromatic rings. The van der Waals surface area contributed by atoms with Gasteiger partial charge in [0, 0.05) is 24.9 Å². The summed E-state index contributed by atoms with van der Waals surface area (Å²) < 4.78 is 23.9. The lowest BCUT2D eigenvalue weighted by atomic mass is 10.1. The van der Waals surface area contributed by atoms with Crippen LogP contribution in [0.25, 0.3) is 11.3 Å². The fraction of sp³-hybridized carbons (Fsp3) is 0.238. The van der Waals surface area contributed by atoms with Gasteiger partial charge in [0.15, 0.2) is 0 Å². The van der Waals surface area contributed by atoms with Crippen LogP contribution in [0.3, 0.4) is 0 Å². The third-order valence-corrected chi connectivity index (χ3v) is 4.31. The second-order valence-electron chi connectivity index (χ2n) is 5.78. The van der Waals surface area contributed by atoms with E-state index >= 15 is 0 Å². The van der Waals surface area contributed by atoms with Crippen LogP contribution in [0.15, 0.2) is 54.7 Å². The van der Waals surface area contributed by atoms with Crippen LogP contribution < -0.4 is 18.9 Å². The van der Waals surface area contributed by atoms with Crippen LogP contribution in [-0.2, 0) is 6.54 Å². The van der Waals surface area contributed by atoms with E-state index in [0.717, 1.165) is 23.6 Å². The van der Waals surface area contributed by atoms with E-state index in [2.05, 4.69) is 22.8 Å². The molecule has 0 aliphatic carbocycles. The number of hydrogen-bond donors (Lipinski definition) is 0. The van der Waals surface area contributed by atoms with Crippen molar-refractivity contribution in [3.63, 3.8) is 0 Å². The zero-order chi connectivity index (χ0) is 18.5. The molecule has 1 aromatic heterocycles. The maximum Gasteiger partial charge on any atom is 0.135 e. The zero-order valence-corrected chi connectivity index (χ0v) is 15.5. The molecule has 2 aromatic carbocycles. The summed E-state index contributed by atoms with van der Waals surface area (Å²) in [5.41, 5.74) is 3.08. The Hall–Kier alpha value is -3.08. The van der Waals surface area contributed by atoms with E-state index in [4.69, 9.17) is 18.9 Å². The van der Waals surface area contributed by atoms with Gasteiger partial charge in [-0.25, -0.2) is 0 Å². The van der Waals surface area contributed by atoms with Gasteiger partial charge in [0.25, 0.3) is 0 Å². The molecule has 0 N–H and O–H groups in total. The van der Waals surface area contributed by atoms with Crippen molar-refractivity contribution in [1.82, 2.24) is 4.57 Å². The van der Waals surface area contributed by atoms with Gasteiger partial charge in [-0.3, -0.25) is 0 Å². The molecule has 0 radical (unpaired) electrons. The summed E-state index contributed by atoms with van der Waals surface area (Å²) in [6, 6.07) is 15.8. The minimum absolute atomic E-state index is 0.690. The zero-order valence-electron chi connectivity index (χ0n) is 15.5. The highest BCUT2D eigenvalue weighted by molar-refractivity contribution is 5.76. The maximum atomic E-state index is 5.60. The van der Waals surface area contributed by atoms with Gasteiger partial charge in [0.2, 0.25) is 0 Å². The Morgan fingerprint density at radius 1 is 0.731 bits per heavy atom. The van der Waals surface area contributed by atoms with Crippen LogP contribution in [0.1, 0.15) is 5.56 Å². The molecular formula is C21H23NO4. The van der Waals surface area contributed by atoms with Gasteiger partial charge in [-0.15, -0.1) is 0 Å². The van der Waals surface area contributed by atoms with E-state index in [-0.39, 0.29) is 0 Å². The van der Waals surface area contributed by atoms with Gasteiger partial charge >= 0.3 is 0 Å². The molecule has 0 bridgehead atoms. The molecular weight excluding hydrogens is 330 g/mol. The average molecular weight is 353 g/mol. The largest absolute Gasteiger partial charge is 0.497 e. The highest BCUT2D eigenvalue weighted by atomic mass is 16.5. The number of benzene rings is 2. The van der Waals surface area contributed by atoms with Gasteiger partial charge < -0.3 is 23.5 Å². The Bertz CT molecular complexity index is 843. The predicted molar refractivity (Wildman–Crippen MR) is 102 cm³/mol. The average Bonchev–Trinajstić information content (AvgIpc) is 3.14. The quantitative estimate of drug-likeness (QED) is 0.637. The SMILES string of the molecule is COc1ccc(Cn2cccc2-c2c(OC)cc(OC)cc2OC)cc1. The predicted octanol–water partition coefficient (Wildman–Crippen LogP) is 4.24. The van der Waals surface area contributed by atoms with Gasteiger partial charge in [0.1, 0.15) is 23.0 Å². The minimum Gasteiger partial charge on any atom is -0.497 e. The van der Waals surface area contributed by atoms with Crippen molar-refractivity contribution >= 4 is 0 Å². The third-order valence-electron chi connectivity index (χ3n) is 4.31. The summed E-state index contributed by atoms with van der Waals surface area (Å²) in [7, 11) is 6.59. The summed E-state index contributed by atoms with van der Waals surface area (Å²) in [6.45, 7) is 0.727. The molecule has 0 aliphatic heterocycles. The van der Waals surface area contributed by atoms with Crippen LogP contribution >= 0.6 is 0 Å². The molecule has 0 fully saturated rings. The number of ether oxygens (including phenoxy) is 4. The summed E-state index contributed by atoms with van der Waals surface area (Å²) in [5, 5.41) is 0. The van der Waals surface area contributed by atoms with Gasteiger partial charge in [-0.05, 0) is 29.8 Å². The van der Waals surface area contributed by atoms with Crippen molar-refractivity contribution in [2.45, 2.75) is 6.54 Å². The fourth-order valence-electron chi connectivity index (χ4n) is 2.96. The monoisotopic (exact) mass is 353 g/mol. The summed E-state index contributed by atoms with van der Waals surface area (Å²) in [4.78, 5) is 0. The van der Waals surface area contributed by atoms with Gasteiger partial charge in [-0.1, -0.05) is 12.1 Å². The van der Waals surface area contributed by atoms with E-state index in [1.54, 1.807) is 28.4 Å². The molecule has 1 heterocycles. The Morgan fingerprint density at radius 3 is 1.88 bits per heavy atom. The Labute approximate surface area is 153 Å². The second kappa shape index (κ2) is 7.87. The first-order valence-corrected chi connectivity index (χ1v) is 8.28. The molecule has 5 heteroatoms. The molecule has 0 atom stereocenters. The lowest BCUT2D eigenvalue weighted by Crippen LogP contribution is -2.03. The number of methoxy groups -OCH3 is 4. The van der Waals surface area contributed by atoms with Crippen molar-refractivity contribution in [2.24, 2.45) is 0 Å². The standard InChI is InChI=1S/C21H23NO4/c1-23-16-9-7-15(8-10-16)14-22-11-5-6-18(22)21-19(25-3)12-17(24-2)13-20(21)26-4/h5-13H,14H2,1-4H3. The van der Waals surface area contributed by atoms with E-state index in [1.807, 2.05) is 36.5 Å². The fourth-order valence-corrected chi connectivity index (χ4v) is 2.96. The normalized spacial score (nSPS) is 10.5. The maximum absolute atomic E-state index is 5.60. The highest BCUT2D eigenvalue weighted by Gasteiger charge is 2.18. The van der Waals surface area contributed by atoms with Crippen LogP contribution in [0.5, 0.6) is 23.0 Å². The smallest absolute Gasteiger partial charge is 0.135 e. The first-order chi connectivity index (χ1) is 12.7. The Morgan fingerprint density at radius 2 is 1.35 bits per heavy atom. The molecule has 0 saturated carbocycles. The van der Waals surface area contributed by atoms with Crippen molar-refractivity contribution < 1.29 is 18.9 Å². The lowest BCUT2D eigenvalue weighted by Gasteiger charge is -2.17. The first kappa shape index (κ1) is 17.7. The van der Waals surface area contributed by atoms with E-state index in [0.29, 0.717) is 17.2 Å². The number of aromatic nitrogens is 1. The van der Waals surface area contributed by atoms with Gasteiger partial charge in [-0.2, -0.15) is 0 Å². The Balaban J connectivity index is 2.02. The minimum atomic E-state index is 0.690. The summed E-state index contributed by atoms with van der Waals surface area (Å²) >= 11 is 0. The lowest BCUT2D eigenvalue weighted by molar-refractivity contribution is 0.377. The van der Waals surface area contributed by atoms with Crippen LogP contribution in [0.2, 0.25) is 0 Å². The molecule has 26 heavy (non-hydrogen) atoms. The van der Waals surface area contributed by atoms with Crippen LogP contribution in [0.4, 0.5) is 0 Å². The van der Waals surface area contributed by atoms with Crippen molar-refractivity contribution in [3.8, 4) is 34.3 Å². The molecule has 0 spiro atoms. The van der Waals surface area contributed by atoms with Crippen molar-refractivity contribution in [2.75, 3.05) is 28.4 Å². The Kier molecular flexibility index (Phi) is 5.37. The molecule has 3 rings (SSSR count). The van der Waals surface area contributed by atoms with E-state index in [1.165, 1.54) is 5.56 Å². The third kappa shape index (κ3) is 3.47. The van der Waals surface area contributed by atoms with Crippen molar-refractivity contribution in [3.05, 3.63) is 60.3 Å². The first-order valence-electron chi connectivity index (χ1n) is 8.28. The number of nitrogens with zero attached hydrogens (tertiary/aromatic N) is 1. The van der Waals surface area contributed by atoms with Gasteiger partial charge in [0.05, 0.1) is 39.7 Å². The second-order valence-corrected chi connectivity index (χ2v) is 5.78. The summed E-state index contributed by atoms with van der Waals surface area (Å²) in [5.74, 6) is 2.95. The molecule has 0 saturated heterocycles. The van der Waals surface area contributed by atoms with Crippen LogP contribution in [-0.4, -0.2) is 33.0 Å². The van der Waals surface area contributed by atoms with Crippen LogP contribution in [0, 0.1) is 0 Å². The molecule has 5 nitrogen and oxygen atoms in total. The molecule has 0 unspecified atom stereocenters. The van der Waals surface area contributed by atoms with E-state index in [9.17, 15) is 0 Å². The molecule has 0 aliphatic rings. The molecule has 136 valence electrons. The summed E-state index contributed by atoms with van der Waals surface area (Å²) in [6.07, 6.45) is 2.04. The molecule has 0 amide bonds. The number of hydrogen-bond acceptors (Lipinski definition) is 4. The van der Waals surface area contributed by atoms with Crippen molar-refractivity contribution in [1.29, 1.82) is 0 Å². The number of rotatable bonds is 7. The highest BCUT2D eigenvalue weighted by Crippen LogP contribution is 2.42. The van der Waals surface area contributed by atoms with E-state index < -0.39 is 0 Å². The topological polar surface area (TPSA) is 41.9 Å².